The van der Waals surface area contributed by atoms with E-state index in [0.29, 0.717) is 0 Å². The van der Waals surface area contributed by atoms with Gasteiger partial charge < -0.3 is 10.4 Å². The number of rotatable bonds is 8. The summed E-state index contributed by atoms with van der Waals surface area (Å²) in [6, 6.07) is 8.91. The molecule has 0 saturated heterocycles. The Labute approximate surface area is 127 Å². The highest BCUT2D eigenvalue weighted by atomic mass is 35.5. The van der Waals surface area contributed by atoms with Crippen molar-refractivity contribution in [1.29, 1.82) is 0 Å². The predicted molar refractivity (Wildman–Crippen MR) is 75.6 cm³/mol. The molecule has 0 aliphatic rings. The zero-order valence-corrected chi connectivity index (χ0v) is 12.0. The Hall–Kier alpha value is -1.73. The maximum atomic E-state index is 12.5. The van der Waals surface area contributed by atoms with Gasteiger partial charge in [0.2, 0.25) is 5.91 Å². The number of carboxylic acid groups (broad SMARTS) is 1. The van der Waals surface area contributed by atoms with E-state index in [1.54, 1.807) is 30.3 Å². The fourth-order valence-corrected chi connectivity index (χ4v) is 1.65. The first-order valence-electron chi connectivity index (χ1n) is 6.00. The van der Waals surface area contributed by atoms with Gasteiger partial charge in [-0.25, -0.2) is 8.78 Å². The molecule has 2 N–H and O–H groups in total. The molecule has 0 unspecified atom stereocenters. The number of carbonyl (C=O) groups is 2. The van der Waals surface area contributed by atoms with E-state index in [9.17, 15) is 18.4 Å². The van der Waals surface area contributed by atoms with Crippen LogP contribution in [0.4, 0.5) is 8.78 Å². The monoisotopic (exact) mass is 322 g/mol. The number of alkyl halides is 2. The molecule has 0 spiro atoms. The summed E-state index contributed by atoms with van der Waals surface area (Å²) in [6.07, 6.45) is -2.56. The van der Waals surface area contributed by atoms with Crippen molar-refractivity contribution in [3.05, 3.63) is 35.9 Å². The van der Waals surface area contributed by atoms with Crippen molar-refractivity contribution < 1.29 is 23.5 Å². The quantitative estimate of drug-likeness (QED) is 0.758. The molecule has 0 aliphatic carbocycles. The van der Waals surface area contributed by atoms with E-state index in [-0.39, 0.29) is 25.5 Å². The molecule has 0 bridgehead atoms. The second-order valence-electron chi connectivity index (χ2n) is 4.22. The summed E-state index contributed by atoms with van der Waals surface area (Å²) < 4.78 is 25.0. The van der Waals surface area contributed by atoms with Crippen LogP contribution in [0.2, 0.25) is 0 Å². The first-order valence-corrected chi connectivity index (χ1v) is 6.00. The number of carboxylic acids is 1. The number of carbonyl (C=O) groups excluding carboxylic acids is 1. The Balaban J connectivity index is 0.00000400. The third kappa shape index (κ3) is 8.93. The van der Waals surface area contributed by atoms with Gasteiger partial charge in [-0.05, 0) is 5.56 Å². The van der Waals surface area contributed by atoms with E-state index in [1.807, 2.05) is 0 Å². The van der Waals surface area contributed by atoms with Gasteiger partial charge in [0.05, 0.1) is 13.1 Å². The van der Waals surface area contributed by atoms with Crippen LogP contribution >= 0.6 is 12.4 Å². The van der Waals surface area contributed by atoms with Crippen LogP contribution in [0.5, 0.6) is 0 Å². The molecule has 5 nitrogen and oxygen atoms in total. The van der Waals surface area contributed by atoms with Crippen LogP contribution in [0.15, 0.2) is 30.3 Å². The van der Waals surface area contributed by atoms with Crippen molar-refractivity contribution in [3.63, 3.8) is 0 Å². The van der Waals surface area contributed by atoms with E-state index in [2.05, 4.69) is 5.32 Å². The minimum Gasteiger partial charge on any atom is -0.480 e. The molecule has 0 radical (unpaired) electrons. The van der Waals surface area contributed by atoms with Gasteiger partial charge in [-0.15, -0.1) is 12.4 Å². The summed E-state index contributed by atoms with van der Waals surface area (Å²) in [5, 5.41) is 10.6. The maximum Gasteiger partial charge on any atom is 0.322 e. The first-order chi connectivity index (χ1) is 9.47. The van der Waals surface area contributed by atoms with Crippen molar-refractivity contribution in [2.45, 2.75) is 13.0 Å². The molecular weight excluding hydrogens is 306 g/mol. The summed E-state index contributed by atoms with van der Waals surface area (Å²) in [6.45, 7) is -1.14. The van der Waals surface area contributed by atoms with E-state index in [4.69, 9.17) is 5.11 Å². The average Bonchev–Trinajstić information content (AvgIpc) is 2.36. The fourth-order valence-electron chi connectivity index (χ4n) is 1.65. The summed E-state index contributed by atoms with van der Waals surface area (Å²) in [5.74, 6) is -1.77. The number of aliphatic carboxylic acids is 1. The lowest BCUT2D eigenvalue weighted by Crippen LogP contribution is -2.40. The standard InChI is InChI=1S/C13H16F2N2O3.ClH/c14-11(15)8-17(7-10-4-2-1-3-5-10)9-12(18)16-6-13(19)20;/h1-5,11H,6-9H2,(H,16,18)(H,19,20);1H. The van der Waals surface area contributed by atoms with Crippen molar-refractivity contribution in [2.24, 2.45) is 0 Å². The highest BCUT2D eigenvalue weighted by Crippen LogP contribution is 2.06. The molecule has 0 atom stereocenters. The molecule has 118 valence electrons. The normalized spacial score (nSPS) is 10.3. The zero-order chi connectivity index (χ0) is 15.0. The second-order valence-corrected chi connectivity index (χ2v) is 4.22. The largest absolute Gasteiger partial charge is 0.480 e. The number of hydrogen-bond donors (Lipinski definition) is 2. The van der Waals surface area contributed by atoms with Crippen LogP contribution in [-0.2, 0) is 16.1 Å². The molecule has 0 aliphatic heterocycles. The average molecular weight is 323 g/mol. The van der Waals surface area contributed by atoms with Crippen molar-refractivity contribution >= 4 is 24.3 Å². The van der Waals surface area contributed by atoms with Gasteiger partial charge in [0.15, 0.2) is 0 Å². The van der Waals surface area contributed by atoms with E-state index in [1.165, 1.54) is 4.90 Å². The van der Waals surface area contributed by atoms with E-state index < -0.39 is 31.4 Å². The molecule has 21 heavy (non-hydrogen) atoms. The Morgan fingerprint density at radius 3 is 2.38 bits per heavy atom. The zero-order valence-electron chi connectivity index (χ0n) is 11.2. The number of benzene rings is 1. The molecule has 1 rings (SSSR count). The molecule has 1 amide bonds. The molecule has 0 aromatic heterocycles. The van der Waals surface area contributed by atoms with Gasteiger partial charge in [0.1, 0.15) is 6.54 Å². The first kappa shape index (κ1) is 19.3. The highest BCUT2D eigenvalue weighted by molar-refractivity contribution is 5.85. The van der Waals surface area contributed by atoms with Gasteiger partial charge in [0, 0.05) is 6.54 Å². The van der Waals surface area contributed by atoms with Crippen molar-refractivity contribution in [1.82, 2.24) is 10.2 Å². The van der Waals surface area contributed by atoms with Crippen LogP contribution in [0.3, 0.4) is 0 Å². The van der Waals surface area contributed by atoms with E-state index in [0.717, 1.165) is 5.56 Å². The number of halogens is 3. The Bertz CT molecular complexity index is 446. The number of nitrogens with zero attached hydrogens (tertiary/aromatic N) is 1. The lowest BCUT2D eigenvalue weighted by Gasteiger charge is -2.21. The SMILES string of the molecule is Cl.O=C(O)CNC(=O)CN(Cc1ccccc1)CC(F)F. The summed E-state index contributed by atoms with van der Waals surface area (Å²) in [4.78, 5) is 23.1. The molecule has 0 heterocycles. The van der Waals surface area contributed by atoms with Gasteiger partial charge in [0.25, 0.3) is 6.43 Å². The van der Waals surface area contributed by atoms with Crippen LogP contribution < -0.4 is 5.32 Å². The lowest BCUT2D eigenvalue weighted by atomic mass is 10.2. The minimum absolute atomic E-state index is 0. The van der Waals surface area contributed by atoms with Gasteiger partial charge >= 0.3 is 5.97 Å². The van der Waals surface area contributed by atoms with Crippen LogP contribution in [0.25, 0.3) is 0 Å². The van der Waals surface area contributed by atoms with E-state index >= 15 is 0 Å². The van der Waals surface area contributed by atoms with Gasteiger partial charge in [-0.1, -0.05) is 30.3 Å². The smallest absolute Gasteiger partial charge is 0.322 e. The molecular formula is C13H17ClF2N2O3. The highest BCUT2D eigenvalue weighted by Gasteiger charge is 2.16. The van der Waals surface area contributed by atoms with Crippen LogP contribution in [-0.4, -0.2) is 47.9 Å². The number of nitrogens with one attached hydrogen (secondary N) is 1. The Kier molecular flexibility index (Phi) is 9.23. The molecule has 0 fully saturated rings. The minimum atomic E-state index is -2.56. The summed E-state index contributed by atoms with van der Waals surface area (Å²) in [7, 11) is 0. The third-order valence-corrected chi connectivity index (χ3v) is 2.45. The fraction of sp³-hybridized carbons (Fsp3) is 0.385. The topological polar surface area (TPSA) is 69.6 Å². The van der Waals surface area contributed by atoms with Crippen LogP contribution in [0, 0.1) is 0 Å². The van der Waals surface area contributed by atoms with Gasteiger partial charge in [-0.3, -0.25) is 14.5 Å². The molecule has 0 saturated carbocycles. The lowest BCUT2D eigenvalue weighted by molar-refractivity contribution is -0.138. The van der Waals surface area contributed by atoms with Crippen molar-refractivity contribution in [2.75, 3.05) is 19.6 Å². The van der Waals surface area contributed by atoms with Crippen molar-refractivity contribution in [3.8, 4) is 0 Å². The van der Waals surface area contributed by atoms with Gasteiger partial charge in [-0.2, -0.15) is 0 Å². The molecule has 8 heteroatoms. The Morgan fingerprint density at radius 2 is 1.86 bits per heavy atom. The molecule has 1 aromatic rings. The second kappa shape index (κ2) is 10.1. The predicted octanol–water partition coefficient (Wildman–Crippen LogP) is 1.38. The third-order valence-electron chi connectivity index (χ3n) is 2.45. The number of amides is 1. The number of hydrogen-bond acceptors (Lipinski definition) is 3. The Morgan fingerprint density at radius 1 is 1.24 bits per heavy atom. The summed E-state index contributed by atoms with van der Waals surface area (Å²) in [5.41, 5.74) is 0.805. The summed E-state index contributed by atoms with van der Waals surface area (Å²) >= 11 is 0. The molecule has 1 aromatic carbocycles. The van der Waals surface area contributed by atoms with Crippen LogP contribution in [0.1, 0.15) is 5.56 Å². The maximum absolute atomic E-state index is 12.5.